The van der Waals surface area contributed by atoms with Crippen LogP contribution in [-0.4, -0.2) is 30.2 Å². The van der Waals surface area contributed by atoms with E-state index in [-0.39, 0.29) is 11.3 Å². The number of aryl methyl sites for hydroxylation is 1. The number of ether oxygens (including phenoxy) is 1. The number of hydrogen-bond donors (Lipinski definition) is 1. The zero-order valence-corrected chi connectivity index (χ0v) is 16.8. The quantitative estimate of drug-likeness (QED) is 0.720. The molecule has 6 heteroatoms. The number of rotatable bonds is 5. The molecule has 0 unspecified atom stereocenters. The van der Waals surface area contributed by atoms with Crippen LogP contribution >= 0.6 is 0 Å². The smallest absolute Gasteiger partial charge is 0.408 e. The van der Waals surface area contributed by atoms with E-state index in [1.54, 1.807) is 25.1 Å². The maximum absolute atomic E-state index is 13.0. The summed E-state index contributed by atoms with van der Waals surface area (Å²) in [4.78, 5) is 25.3. The molecule has 1 N–H and O–H groups in total. The van der Waals surface area contributed by atoms with Crippen LogP contribution in [0.5, 0.6) is 0 Å². The highest BCUT2D eigenvalue weighted by molar-refractivity contribution is 5.83. The third-order valence-electron chi connectivity index (χ3n) is 6.05. The first-order chi connectivity index (χ1) is 14.0. The molecular formula is C23H26N2O4. The van der Waals surface area contributed by atoms with Gasteiger partial charge in [-0.15, -0.1) is 0 Å². The molecule has 3 aromatic rings. The highest BCUT2D eigenvalue weighted by Gasteiger charge is 2.36. The Balaban J connectivity index is 1.58. The van der Waals surface area contributed by atoms with E-state index in [2.05, 4.69) is 24.4 Å². The van der Waals surface area contributed by atoms with Crippen molar-refractivity contribution in [1.82, 2.24) is 9.88 Å². The number of carbonyl (C=O) groups is 1. The molecule has 0 bridgehead atoms. The molecule has 0 spiro atoms. The summed E-state index contributed by atoms with van der Waals surface area (Å²) in [6, 6.07) is 14.8. The first kappa shape index (κ1) is 19.5. The summed E-state index contributed by atoms with van der Waals surface area (Å²) in [6.07, 6.45) is 1.70. The van der Waals surface area contributed by atoms with Crippen molar-refractivity contribution < 1.29 is 13.9 Å². The van der Waals surface area contributed by atoms with Gasteiger partial charge in [-0.2, -0.15) is 0 Å². The van der Waals surface area contributed by atoms with Gasteiger partial charge in [0.2, 0.25) is 5.91 Å². The fraction of sp³-hybridized carbons (Fsp3) is 0.391. The van der Waals surface area contributed by atoms with E-state index in [0.29, 0.717) is 30.9 Å². The van der Waals surface area contributed by atoms with Crippen LogP contribution in [0.1, 0.15) is 36.9 Å². The number of nitrogens with zero attached hydrogens (tertiary/aromatic N) is 1. The first-order valence-corrected chi connectivity index (χ1v) is 10.0. The number of hydrogen-bond acceptors (Lipinski definition) is 4. The van der Waals surface area contributed by atoms with Gasteiger partial charge in [0.15, 0.2) is 5.58 Å². The predicted molar refractivity (Wildman–Crippen MR) is 111 cm³/mol. The zero-order valence-electron chi connectivity index (χ0n) is 16.8. The number of oxazole rings is 1. The van der Waals surface area contributed by atoms with Gasteiger partial charge in [0.05, 0.1) is 5.52 Å². The fourth-order valence-corrected chi connectivity index (χ4v) is 4.34. The van der Waals surface area contributed by atoms with Crippen molar-refractivity contribution >= 4 is 17.0 Å². The van der Waals surface area contributed by atoms with Crippen LogP contribution in [0, 0.1) is 6.92 Å². The summed E-state index contributed by atoms with van der Waals surface area (Å²) in [5.74, 6) is -0.716. The van der Waals surface area contributed by atoms with E-state index in [9.17, 15) is 9.59 Å². The molecular weight excluding hydrogens is 368 g/mol. The Kier molecular flexibility index (Phi) is 5.28. The molecule has 1 aliphatic rings. The standard InChI is InChI=1S/C23H26N2O4/c1-16-7-3-4-8-18(16)23(11-13-28-14-12-23)15-24-21(26)17(2)25-19-9-5-6-10-20(19)29-22(25)27/h3-10,17H,11-15H2,1-2H3,(H,24,26)/t17-/m0/s1. The fourth-order valence-electron chi connectivity index (χ4n) is 4.34. The van der Waals surface area contributed by atoms with Gasteiger partial charge < -0.3 is 14.5 Å². The second-order valence-corrected chi connectivity index (χ2v) is 7.81. The van der Waals surface area contributed by atoms with Gasteiger partial charge in [-0.05, 0) is 49.9 Å². The number of benzene rings is 2. The van der Waals surface area contributed by atoms with Gasteiger partial charge in [-0.25, -0.2) is 4.79 Å². The third kappa shape index (κ3) is 3.60. The molecule has 1 amide bonds. The minimum atomic E-state index is -0.667. The van der Waals surface area contributed by atoms with Crippen LogP contribution in [0.15, 0.2) is 57.7 Å². The van der Waals surface area contributed by atoms with Crippen LogP contribution in [-0.2, 0) is 14.9 Å². The van der Waals surface area contributed by atoms with E-state index in [1.165, 1.54) is 15.7 Å². The number of amides is 1. The normalized spacial score (nSPS) is 17.2. The van der Waals surface area contributed by atoms with Crippen molar-refractivity contribution in [3.05, 3.63) is 70.2 Å². The number of carbonyl (C=O) groups excluding carboxylic acids is 1. The van der Waals surface area contributed by atoms with Gasteiger partial charge in [0.25, 0.3) is 0 Å². The number of para-hydroxylation sites is 2. The summed E-state index contributed by atoms with van der Waals surface area (Å²) >= 11 is 0. The van der Waals surface area contributed by atoms with Gasteiger partial charge >= 0.3 is 5.76 Å². The van der Waals surface area contributed by atoms with E-state index < -0.39 is 11.8 Å². The first-order valence-electron chi connectivity index (χ1n) is 10.0. The molecule has 0 radical (unpaired) electrons. The topological polar surface area (TPSA) is 73.5 Å². The van der Waals surface area contributed by atoms with E-state index in [0.717, 1.165) is 12.8 Å². The van der Waals surface area contributed by atoms with E-state index >= 15 is 0 Å². The van der Waals surface area contributed by atoms with Gasteiger partial charge in [0.1, 0.15) is 6.04 Å². The second kappa shape index (κ2) is 7.87. The van der Waals surface area contributed by atoms with Crippen molar-refractivity contribution in [2.45, 2.75) is 38.1 Å². The minimum Gasteiger partial charge on any atom is -0.408 e. The van der Waals surface area contributed by atoms with E-state index in [1.807, 2.05) is 18.2 Å². The highest BCUT2D eigenvalue weighted by atomic mass is 16.5. The molecule has 29 heavy (non-hydrogen) atoms. The molecule has 6 nitrogen and oxygen atoms in total. The Bertz CT molecular complexity index is 1080. The molecule has 2 aromatic carbocycles. The Labute approximate surface area is 169 Å². The van der Waals surface area contributed by atoms with Crippen molar-refractivity contribution in [2.75, 3.05) is 19.8 Å². The number of fused-ring (bicyclic) bond motifs is 1. The lowest BCUT2D eigenvalue weighted by atomic mass is 9.72. The van der Waals surface area contributed by atoms with Crippen LogP contribution in [0.2, 0.25) is 0 Å². The monoisotopic (exact) mass is 394 g/mol. The summed E-state index contributed by atoms with van der Waals surface area (Å²) in [6.45, 7) is 5.68. The van der Waals surface area contributed by atoms with Crippen molar-refractivity contribution in [3.8, 4) is 0 Å². The van der Waals surface area contributed by atoms with Crippen LogP contribution in [0.3, 0.4) is 0 Å². The van der Waals surface area contributed by atoms with Crippen LogP contribution < -0.4 is 11.1 Å². The molecule has 0 saturated carbocycles. The minimum absolute atomic E-state index is 0.164. The molecule has 2 heterocycles. The van der Waals surface area contributed by atoms with Gasteiger partial charge in [0, 0.05) is 25.2 Å². The molecule has 1 fully saturated rings. The predicted octanol–water partition coefficient (Wildman–Crippen LogP) is 3.33. The summed E-state index contributed by atoms with van der Waals surface area (Å²) in [7, 11) is 0. The molecule has 152 valence electrons. The van der Waals surface area contributed by atoms with Gasteiger partial charge in [-0.1, -0.05) is 36.4 Å². The SMILES string of the molecule is Cc1ccccc1C1(CNC(=O)[C@H](C)n2c(=O)oc3ccccc32)CCOCC1. The lowest BCUT2D eigenvalue weighted by Gasteiger charge is -2.39. The lowest BCUT2D eigenvalue weighted by Crippen LogP contribution is -2.46. The highest BCUT2D eigenvalue weighted by Crippen LogP contribution is 2.36. The average Bonchev–Trinajstić information content (AvgIpc) is 3.08. The maximum Gasteiger partial charge on any atom is 0.420 e. The van der Waals surface area contributed by atoms with E-state index in [4.69, 9.17) is 9.15 Å². The van der Waals surface area contributed by atoms with Crippen molar-refractivity contribution in [1.29, 1.82) is 0 Å². The number of nitrogens with one attached hydrogen (secondary N) is 1. The summed E-state index contributed by atoms with van der Waals surface area (Å²) in [5.41, 5.74) is 3.41. The Hall–Kier alpha value is -2.86. The van der Waals surface area contributed by atoms with Crippen molar-refractivity contribution in [3.63, 3.8) is 0 Å². The summed E-state index contributed by atoms with van der Waals surface area (Å²) < 4.78 is 12.3. The molecule has 0 aliphatic carbocycles. The second-order valence-electron chi connectivity index (χ2n) is 7.81. The van der Waals surface area contributed by atoms with Gasteiger partial charge in [-0.3, -0.25) is 9.36 Å². The number of aromatic nitrogens is 1. The lowest BCUT2D eigenvalue weighted by molar-refractivity contribution is -0.124. The maximum atomic E-state index is 13.0. The largest absolute Gasteiger partial charge is 0.420 e. The van der Waals surface area contributed by atoms with Crippen LogP contribution in [0.4, 0.5) is 0 Å². The summed E-state index contributed by atoms with van der Waals surface area (Å²) in [5, 5.41) is 3.10. The Morgan fingerprint density at radius 3 is 2.59 bits per heavy atom. The molecule has 4 rings (SSSR count). The molecule has 1 saturated heterocycles. The van der Waals surface area contributed by atoms with Crippen LogP contribution in [0.25, 0.3) is 11.1 Å². The molecule has 1 aliphatic heterocycles. The average molecular weight is 394 g/mol. The molecule has 1 aromatic heterocycles. The third-order valence-corrected chi connectivity index (χ3v) is 6.05. The Morgan fingerprint density at radius 1 is 1.14 bits per heavy atom. The molecule has 1 atom stereocenters. The Morgan fingerprint density at radius 2 is 1.83 bits per heavy atom. The zero-order chi connectivity index (χ0) is 20.4. The van der Waals surface area contributed by atoms with Crippen molar-refractivity contribution in [2.24, 2.45) is 0 Å².